The molecule has 0 radical (unpaired) electrons. The van der Waals surface area contributed by atoms with Crippen LogP contribution in [0.4, 0.5) is 0 Å². The molecule has 0 fully saturated rings. The van der Waals surface area contributed by atoms with E-state index in [4.69, 9.17) is 35.0 Å². The molecule has 0 aliphatic carbocycles. The molecule has 0 rings (SSSR count). The molecule has 0 saturated heterocycles. The predicted molar refractivity (Wildman–Crippen MR) is 26.7 cm³/mol. The van der Waals surface area contributed by atoms with E-state index in [0.717, 1.165) is 0 Å². The summed E-state index contributed by atoms with van der Waals surface area (Å²) in [4.78, 5) is 0. The normalized spacial score (nSPS) is 9.67. The summed E-state index contributed by atoms with van der Waals surface area (Å²) < 4.78 is 68.2. The van der Waals surface area contributed by atoms with Crippen LogP contribution in [-0.4, -0.2) is 58.1 Å². The molecule has 0 bridgehead atoms. The molecule has 0 aromatic carbocycles. The van der Waals surface area contributed by atoms with Crippen LogP contribution < -0.4 is 29.6 Å². The van der Waals surface area contributed by atoms with Gasteiger partial charge in [0.1, 0.15) is 0 Å². The topological polar surface area (TPSA) is 161 Å². The molecule has 0 saturated carbocycles. The Balaban J connectivity index is -0.0000000457. The van der Waals surface area contributed by atoms with Crippen molar-refractivity contribution >= 4 is 43.9 Å². The van der Waals surface area contributed by atoms with Crippen LogP contribution in [0.1, 0.15) is 0 Å². The maximum absolute atomic E-state index is 8.52. The average Bonchev–Trinajstić information content (AvgIpc) is 1.12. The summed E-state index contributed by atoms with van der Waals surface area (Å²) in [5.41, 5.74) is 0. The maximum Gasteiger partial charge on any atom is 2.00 e. The molecule has 0 aromatic heterocycles. The summed E-state index contributed by atoms with van der Waals surface area (Å²) in [6.45, 7) is 0. The van der Waals surface area contributed by atoms with Crippen molar-refractivity contribution in [3.63, 3.8) is 0 Å². The SMILES string of the molecule is O=S(=O)([O-])[O-].O=S(=O)([O-])[O-].[Mg+2].[Na+]. The van der Waals surface area contributed by atoms with E-state index >= 15 is 0 Å². The Morgan fingerprint density at radius 3 is 0.667 bits per heavy atom. The fourth-order valence-electron chi connectivity index (χ4n) is 0. The van der Waals surface area contributed by atoms with Crippen LogP contribution in [0.5, 0.6) is 0 Å². The van der Waals surface area contributed by atoms with Crippen molar-refractivity contribution in [2.75, 3.05) is 0 Å². The first-order chi connectivity index (χ1) is 4.00. The van der Waals surface area contributed by atoms with Gasteiger partial charge in [-0.25, -0.2) is 0 Å². The summed E-state index contributed by atoms with van der Waals surface area (Å²) >= 11 is 0. The Morgan fingerprint density at radius 2 is 0.667 bits per heavy atom. The first-order valence-electron chi connectivity index (χ1n) is 1.33. The van der Waals surface area contributed by atoms with Crippen molar-refractivity contribution < 1.29 is 64.6 Å². The van der Waals surface area contributed by atoms with Crippen molar-refractivity contribution in [2.24, 2.45) is 0 Å². The van der Waals surface area contributed by atoms with Gasteiger partial charge in [0.25, 0.3) is 0 Å². The number of hydrogen-bond acceptors (Lipinski definition) is 8. The Morgan fingerprint density at radius 1 is 0.667 bits per heavy atom. The molecular formula is MgNaO8S2-. The second-order valence-corrected chi connectivity index (χ2v) is 2.45. The third-order valence-corrected chi connectivity index (χ3v) is 0. The van der Waals surface area contributed by atoms with Gasteiger partial charge in [-0.2, -0.15) is 0 Å². The molecule has 0 heterocycles. The second kappa shape index (κ2) is 9.08. The van der Waals surface area contributed by atoms with Crippen molar-refractivity contribution in [1.82, 2.24) is 0 Å². The van der Waals surface area contributed by atoms with Crippen molar-refractivity contribution in [2.45, 2.75) is 0 Å². The summed E-state index contributed by atoms with van der Waals surface area (Å²) in [6.07, 6.45) is 0. The summed E-state index contributed by atoms with van der Waals surface area (Å²) in [5, 5.41) is 0. The number of hydrogen-bond donors (Lipinski definition) is 0. The fourth-order valence-corrected chi connectivity index (χ4v) is 0. The zero-order valence-electron chi connectivity index (χ0n) is 5.79. The Labute approximate surface area is 107 Å². The van der Waals surface area contributed by atoms with Gasteiger partial charge in [0.2, 0.25) is 0 Å². The molecule has 0 aliphatic heterocycles. The van der Waals surface area contributed by atoms with Crippen molar-refractivity contribution in [3.05, 3.63) is 0 Å². The molecule has 12 heteroatoms. The minimum Gasteiger partial charge on any atom is -0.759 e. The second-order valence-electron chi connectivity index (χ2n) is 0.816. The van der Waals surface area contributed by atoms with E-state index in [1.807, 2.05) is 0 Å². The smallest absolute Gasteiger partial charge is 0.759 e. The van der Waals surface area contributed by atoms with E-state index in [0.29, 0.717) is 0 Å². The van der Waals surface area contributed by atoms with Crippen LogP contribution in [-0.2, 0) is 20.8 Å². The third kappa shape index (κ3) is 560. The van der Waals surface area contributed by atoms with E-state index < -0.39 is 20.8 Å². The zero-order valence-corrected chi connectivity index (χ0v) is 10.8. The van der Waals surface area contributed by atoms with Gasteiger partial charge in [-0.1, -0.05) is 0 Å². The molecule has 0 amide bonds. The molecule has 0 aliphatic rings. The monoisotopic (exact) mass is 239 g/mol. The molecule has 64 valence electrons. The van der Waals surface area contributed by atoms with Gasteiger partial charge in [0, 0.05) is 20.8 Å². The van der Waals surface area contributed by atoms with Crippen molar-refractivity contribution in [3.8, 4) is 0 Å². The predicted octanol–water partition coefficient (Wildman–Crippen LogP) is -6.05. The van der Waals surface area contributed by atoms with Crippen LogP contribution in [0.2, 0.25) is 0 Å². The van der Waals surface area contributed by atoms with Crippen LogP contribution in [0.15, 0.2) is 0 Å². The molecule has 0 atom stereocenters. The molecule has 12 heavy (non-hydrogen) atoms. The zero-order chi connectivity index (χ0) is 9.00. The molecule has 8 nitrogen and oxygen atoms in total. The molecular weight excluding hydrogens is 239 g/mol. The average molecular weight is 239 g/mol. The van der Waals surface area contributed by atoms with E-state index in [-0.39, 0.29) is 52.6 Å². The third-order valence-electron chi connectivity index (χ3n) is 0. The first kappa shape index (κ1) is 23.4. The van der Waals surface area contributed by atoms with Gasteiger partial charge >= 0.3 is 52.6 Å². The van der Waals surface area contributed by atoms with Gasteiger partial charge in [0.05, 0.1) is 0 Å². The maximum atomic E-state index is 8.52. The minimum absolute atomic E-state index is 0. The fraction of sp³-hybridized carbons (Fsp3) is 0. The molecule has 0 unspecified atom stereocenters. The Bertz CT molecular complexity index is 213. The Hall–Kier alpha value is 1.51. The van der Waals surface area contributed by atoms with Crippen LogP contribution in [0.25, 0.3) is 0 Å². The van der Waals surface area contributed by atoms with E-state index in [1.54, 1.807) is 0 Å². The molecule has 0 spiro atoms. The van der Waals surface area contributed by atoms with Crippen molar-refractivity contribution in [1.29, 1.82) is 0 Å². The first-order valence-corrected chi connectivity index (χ1v) is 4.00. The number of rotatable bonds is 0. The van der Waals surface area contributed by atoms with Crippen LogP contribution in [0, 0.1) is 0 Å². The van der Waals surface area contributed by atoms with E-state index in [1.165, 1.54) is 0 Å². The van der Waals surface area contributed by atoms with Gasteiger partial charge in [-0.3, -0.25) is 16.8 Å². The van der Waals surface area contributed by atoms with E-state index in [9.17, 15) is 0 Å². The summed E-state index contributed by atoms with van der Waals surface area (Å²) in [6, 6.07) is 0. The van der Waals surface area contributed by atoms with Crippen LogP contribution in [0.3, 0.4) is 0 Å². The quantitative estimate of drug-likeness (QED) is 0.229. The minimum atomic E-state index is -5.17. The summed E-state index contributed by atoms with van der Waals surface area (Å²) in [5.74, 6) is 0. The van der Waals surface area contributed by atoms with Gasteiger partial charge < -0.3 is 18.2 Å². The molecule has 0 aromatic rings. The Kier molecular flexibility index (Phi) is 17.7. The van der Waals surface area contributed by atoms with Gasteiger partial charge in [-0.05, 0) is 0 Å². The molecule has 0 N–H and O–H groups in total. The van der Waals surface area contributed by atoms with Gasteiger partial charge in [-0.15, -0.1) is 0 Å². The standard InChI is InChI=1S/Mg.Na.2H2O4S/c;;2*1-5(2,3)4/h;;2*(H2,1,2,3,4)/q+2;+1;;/p-4. The largest absolute Gasteiger partial charge is 2.00 e. The van der Waals surface area contributed by atoms with Crippen LogP contribution >= 0.6 is 0 Å². The summed E-state index contributed by atoms with van der Waals surface area (Å²) in [7, 11) is -10.3. The van der Waals surface area contributed by atoms with Gasteiger partial charge in [0.15, 0.2) is 0 Å². The van der Waals surface area contributed by atoms with E-state index in [2.05, 4.69) is 0 Å².